The summed E-state index contributed by atoms with van der Waals surface area (Å²) in [5.41, 5.74) is 4.76. The molecular formula is C19H16ClN3OS. The molecule has 1 N–H and O–H groups in total. The van der Waals surface area contributed by atoms with Gasteiger partial charge >= 0.3 is 0 Å². The van der Waals surface area contributed by atoms with Gasteiger partial charge in [-0.05, 0) is 42.8 Å². The normalized spacial score (nSPS) is 12.9. The lowest BCUT2D eigenvalue weighted by Gasteiger charge is -2.11. The molecule has 1 aliphatic heterocycles. The van der Waals surface area contributed by atoms with Gasteiger partial charge in [-0.1, -0.05) is 29.8 Å². The summed E-state index contributed by atoms with van der Waals surface area (Å²) in [6.07, 6.45) is 0. The average Bonchev–Trinajstić information content (AvgIpc) is 3.17. The summed E-state index contributed by atoms with van der Waals surface area (Å²) >= 11 is 7.82. The molecule has 4 nitrogen and oxygen atoms in total. The number of hydrogen-bond acceptors (Lipinski definition) is 3. The summed E-state index contributed by atoms with van der Waals surface area (Å²) in [5.74, 6) is 2.28. The van der Waals surface area contributed by atoms with E-state index < -0.39 is 0 Å². The summed E-state index contributed by atoms with van der Waals surface area (Å²) in [6.45, 7) is 2.04. The van der Waals surface area contributed by atoms with Crippen molar-refractivity contribution in [2.45, 2.75) is 18.4 Å². The molecule has 0 radical (unpaired) electrons. The quantitative estimate of drug-likeness (QED) is 0.719. The Labute approximate surface area is 155 Å². The van der Waals surface area contributed by atoms with Crippen LogP contribution in [-0.4, -0.2) is 15.7 Å². The summed E-state index contributed by atoms with van der Waals surface area (Å²) in [7, 11) is 0. The number of nitrogens with one attached hydrogen (secondary N) is 1. The Bertz CT molecular complexity index is 967. The molecule has 3 aromatic rings. The van der Waals surface area contributed by atoms with Crippen LogP contribution in [0.2, 0.25) is 5.02 Å². The van der Waals surface area contributed by atoms with E-state index in [9.17, 15) is 4.79 Å². The molecule has 6 heteroatoms. The zero-order chi connectivity index (χ0) is 17.4. The van der Waals surface area contributed by atoms with Gasteiger partial charge in [0.15, 0.2) is 0 Å². The molecule has 0 unspecified atom stereocenters. The predicted molar refractivity (Wildman–Crippen MR) is 103 cm³/mol. The number of nitrogens with zero attached hydrogens (tertiary/aromatic N) is 2. The standard InChI is InChI=1S/C19H16ClN3OS/c1-12-4-2-7-15(8-12)23-18(16-10-25-11-17(16)22-23)21-19(24)13-5-3-6-14(20)9-13/h2-9H,10-11H2,1H3,(H,21,24). The number of thioether (sulfide) groups is 1. The molecule has 0 bridgehead atoms. The van der Waals surface area contributed by atoms with Crippen molar-refractivity contribution < 1.29 is 4.79 Å². The maximum absolute atomic E-state index is 12.7. The van der Waals surface area contributed by atoms with E-state index in [2.05, 4.69) is 11.4 Å². The van der Waals surface area contributed by atoms with Crippen LogP contribution in [0.25, 0.3) is 5.69 Å². The van der Waals surface area contributed by atoms with Crippen molar-refractivity contribution in [3.63, 3.8) is 0 Å². The van der Waals surface area contributed by atoms with Crippen LogP contribution in [0.4, 0.5) is 5.82 Å². The second-order valence-electron chi connectivity index (χ2n) is 5.98. The van der Waals surface area contributed by atoms with Gasteiger partial charge in [0.05, 0.1) is 11.4 Å². The molecule has 126 valence electrons. The Morgan fingerprint density at radius 1 is 1.20 bits per heavy atom. The maximum Gasteiger partial charge on any atom is 0.256 e. The number of carbonyl (C=O) groups is 1. The molecule has 1 aromatic heterocycles. The maximum atomic E-state index is 12.7. The van der Waals surface area contributed by atoms with E-state index in [4.69, 9.17) is 16.7 Å². The highest BCUT2D eigenvalue weighted by atomic mass is 35.5. The van der Waals surface area contributed by atoms with Crippen molar-refractivity contribution in [3.05, 3.63) is 75.9 Å². The first-order valence-electron chi connectivity index (χ1n) is 7.94. The SMILES string of the molecule is Cc1cccc(-n2nc3c(c2NC(=O)c2cccc(Cl)c2)CSC3)c1. The number of hydrogen-bond donors (Lipinski definition) is 1. The lowest BCUT2D eigenvalue weighted by molar-refractivity contribution is 0.102. The molecule has 1 aliphatic rings. The van der Waals surface area contributed by atoms with E-state index in [-0.39, 0.29) is 5.91 Å². The monoisotopic (exact) mass is 369 g/mol. The smallest absolute Gasteiger partial charge is 0.256 e. The van der Waals surface area contributed by atoms with Gasteiger partial charge in [0.25, 0.3) is 5.91 Å². The van der Waals surface area contributed by atoms with Crippen LogP contribution in [0.15, 0.2) is 48.5 Å². The van der Waals surface area contributed by atoms with E-state index in [1.165, 1.54) is 0 Å². The van der Waals surface area contributed by atoms with Crippen molar-refractivity contribution in [2.75, 3.05) is 5.32 Å². The minimum atomic E-state index is -0.184. The first kappa shape index (κ1) is 16.2. The summed E-state index contributed by atoms with van der Waals surface area (Å²) in [4.78, 5) is 12.7. The highest BCUT2D eigenvalue weighted by Gasteiger charge is 2.25. The average molecular weight is 370 g/mol. The van der Waals surface area contributed by atoms with Gasteiger partial charge in [0, 0.05) is 27.7 Å². The van der Waals surface area contributed by atoms with Crippen LogP contribution >= 0.6 is 23.4 Å². The third kappa shape index (κ3) is 3.17. The molecule has 2 heterocycles. The number of benzene rings is 2. The van der Waals surface area contributed by atoms with Crippen LogP contribution in [0.3, 0.4) is 0 Å². The number of anilines is 1. The van der Waals surface area contributed by atoms with Crippen LogP contribution in [0, 0.1) is 6.92 Å². The van der Waals surface area contributed by atoms with Crippen LogP contribution in [0.1, 0.15) is 27.2 Å². The van der Waals surface area contributed by atoms with E-state index in [1.807, 2.05) is 41.6 Å². The van der Waals surface area contributed by atoms with Crippen molar-refractivity contribution in [1.82, 2.24) is 9.78 Å². The number of halogens is 1. The number of aryl methyl sites for hydroxylation is 1. The zero-order valence-electron chi connectivity index (χ0n) is 13.6. The Hall–Kier alpha value is -2.24. The highest BCUT2D eigenvalue weighted by molar-refractivity contribution is 7.98. The van der Waals surface area contributed by atoms with Gasteiger partial charge in [-0.3, -0.25) is 4.79 Å². The number of fused-ring (bicyclic) bond motifs is 1. The van der Waals surface area contributed by atoms with E-state index in [1.54, 1.807) is 24.3 Å². The molecule has 0 saturated carbocycles. The van der Waals surface area contributed by atoms with Crippen molar-refractivity contribution in [3.8, 4) is 5.69 Å². The molecule has 2 aromatic carbocycles. The van der Waals surface area contributed by atoms with Crippen LogP contribution < -0.4 is 5.32 Å². The van der Waals surface area contributed by atoms with Crippen LogP contribution in [-0.2, 0) is 11.5 Å². The second-order valence-corrected chi connectivity index (χ2v) is 7.40. The molecule has 0 spiro atoms. The second kappa shape index (κ2) is 6.58. The fraction of sp³-hybridized carbons (Fsp3) is 0.158. The third-order valence-electron chi connectivity index (χ3n) is 4.12. The zero-order valence-corrected chi connectivity index (χ0v) is 15.2. The predicted octanol–water partition coefficient (Wildman–Crippen LogP) is 4.83. The Kier molecular flexibility index (Phi) is 4.27. The minimum absolute atomic E-state index is 0.184. The minimum Gasteiger partial charge on any atom is -0.306 e. The molecule has 4 rings (SSSR count). The Morgan fingerprint density at radius 3 is 2.84 bits per heavy atom. The lowest BCUT2D eigenvalue weighted by atomic mass is 10.2. The van der Waals surface area contributed by atoms with Gasteiger partial charge in [0.2, 0.25) is 0 Å². The number of carbonyl (C=O) groups excluding carboxylic acids is 1. The van der Waals surface area contributed by atoms with Crippen LogP contribution in [0.5, 0.6) is 0 Å². The molecule has 0 atom stereocenters. The van der Waals surface area contributed by atoms with Crippen molar-refractivity contribution >= 4 is 35.1 Å². The third-order valence-corrected chi connectivity index (χ3v) is 5.32. The summed E-state index contributed by atoms with van der Waals surface area (Å²) < 4.78 is 1.83. The van der Waals surface area contributed by atoms with Crippen molar-refractivity contribution in [1.29, 1.82) is 0 Å². The highest BCUT2D eigenvalue weighted by Crippen LogP contribution is 2.36. The summed E-state index contributed by atoms with van der Waals surface area (Å²) in [6, 6.07) is 15.0. The first-order chi connectivity index (χ1) is 12.1. The number of aromatic nitrogens is 2. The fourth-order valence-electron chi connectivity index (χ4n) is 2.90. The topological polar surface area (TPSA) is 46.9 Å². The Balaban J connectivity index is 1.75. The number of amides is 1. The lowest BCUT2D eigenvalue weighted by Crippen LogP contribution is -2.16. The van der Waals surface area contributed by atoms with Gasteiger partial charge in [-0.15, -0.1) is 0 Å². The van der Waals surface area contributed by atoms with Gasteiger partial charge in [-0.25, -0.2) is 4.68 Å². The molecule has 0 fully saturated rings. The molecular weight excluding hydrogens is 354 g/mol. The summed E-state index contributed by atoms with van der Waals surface area (Å²) in [5, 5.41) is 8.31. The van der Waals surface area contributed by atoms with Gasteiger partial charge in [-0.2, -0.15) is 16.9 Å². The van der Waals surface area contributed by atoms with E-state index in [0.717, 1.165) is 39.8 Å². The number of rotatable bonds is 3. The fourth-order valence-corrected chi connectivity index (χ4v) is 4.12. The van der Waals surface area contributed by atoms with Gasteiger partial charge < -0.3 is 5.32 Å². The van der Waals surface area contributed by atoms with Gasteiger partial charge in [0.1, 0.15) is 5.82 Å². The largest absolute Gasteiger partial charge is 0.306 e. The van der Waals surface area contributed by atoms with E-state index >= 15 is 0 Å². The molecule has 0 saturated heterocycles. The first-order valence-corrected chi connectivity index (χ1v) is 9.47. The Morgan fingerprint density at radius 2 is 2.04 bits per heavy atom. The molecule has 1 amide bonds. The molecule has 25 heavy (non-hydrogen) atoms. The van der Waals surface area contributed by atoms with E-state index in [0.29, 0.717) is 10.6 Å². The van der Waals surface area contributed by atoms with Crippen molar-refractivity contribution in [2.24, 2.45) is 0 Å². The molecule has 0 aliphatic carbocycles.